The van der Waals surface area contributed by atoms with E-state index in [4.69, 9.17) is 11.6 Å². The molecule has 1 aromatic carbocycles. The fourth-order valence-electron chi connectivity index (χ4n) is 2.11. The van der Waals surface area contributed by atoms with Crippen LogP contribution in [0.4, 0.5) is 5.69 Å². The number of non-ortho nitro benzene ring substituents is 1. The first-order chi connectivity index (χ1) is 12.1. The van der Waals surface area contributed by atoms with E-state index in [-0.39, 0.29) is 11.3 Å². The number of allylic oxidation sites excluding steroid dienone is 1. The van der Waals surface area contributed by atoms with Crippen LogP contribution in [-0.4, -0.2) is 14.9 Å². The number of benzene rings is 1. The predicted molar refractivity (Wildman–Crippen MR) is 96.9 cm³/mol. The first kappa shape index (κ1) is 16.8. The lowest BCUT2D eigenvalue weighted by Gasteiger charge is -2.00. The second-order valence-electron chi connectivity index (χ2n) is 4.91. The van der Waals surface area contributed by atoms with Crippen LogP contribution in [0.15, 0.2) is 48.1 Å². The molecule has 0 spiro atoms. The van der Waals surface area contributed by atoms with Crippen molar-refractivity contribution in [2.45, 2.75) is 0 Å². The van der Waals surface area contributed by atoms with Crippen LogP contribution in [-0.2, 0) is 0 Å². The number of nitro benzene ring substituents is 1. The molecule has 0 amide bonds. The van der Waals surface area contributed by atoms with E-state index in [0.717, 1.165) is 11.3 Å². The van der Waals surface area contributed by atoms with Crippen LogP contribution < -0.4 is 0 Å². The Kier molecular flexibility index (Phi) is 4.84. The van der Waals surface area contributed by atoms with Crippen molar-refractivity contribution in [3.05, 3.63) is 73.8 Å². The van der Waals surface area contributed by atoms with E-state index in [1.807, 2.05) is 17.5 Å². The monoisotopic (exact) mass is 368 g/mol. The number of nitriles is 1. The molecule has 0 saturated heterocycles. The van der Waals surface area contributed by atoms with E-state index >= 15 is 0 Å². The number of pyridine rings is 1. The molecule has 2 heterocycles. The molecule has 0 fully saturated rings. The molecule has 0 aliphatic heterocycles. The van der Waals surface area contributed by atoms with Gasteiger partial charge < -0.3 is 0 Å². The summed E-state index contributed by atoms with van der Waals surface area (Å²) in [6, 6.07) is 9.81. The Morgan fingerprint density at radius 2 is 2.08 bits per heavy atom. The zero-order valence-corrected chi connectivity index (χ0v) is 14.2. The van der Waals surface area contributed by atoms with Crippen LogP contribution in [0.2, 0.25) is 5.02 Å². The van der Waals surface area contributed by atoms with Crippen molar-refractivity contribution >= 4 is 40.3 Å². The lowest BCUT2D eigenvalue weighted by molar-refractivity contribution is -0.384. The summed E-state index contributed by atoms with van der Waals surface area (Å²) in [5, 5.41) is 23.0. The van der Waals surface area contributed by atoms with E-state index in [2.05, 4.69) is 16.0 Å². The summed E-state index contributed by atoms with van der Waals surface area (Å²) < 4.78 is 0. The number of nitrogens with zero attached hydrogens (tertiary/aromatic N) is 4. The molecule has 6 nitrogen and oxygen atoms in total. The van der Waals surface area contributed by atoms with E-state index < -0.39 is 4.92 Å². The first-order valence-corrected chi connectivity index (χ1v) is 8.26. The second-order valence-corrected chi connectivity index (χ2v) is 6.17. The van der Waals surface area contributed by atoms with Gasteiger partial charge in [0, 0.05) is 46.1 Å². The summed E-state index contributed by atoms with van der Waals surface area (Å²) in [5.74, 6) is 0. The lowest BCUT2D eigenvalue weighted by Crippen LogP contribution is -1.89. The van der Waals surface area contributed by atoms with Crippen molar-refractivity contribution in [2.75, 3.05) is 0 Å². The van der Waals surface area contributed by atoms with Gasteiger partial charge in [0.15, 0.2) is 0 Å². The third-order valence-electron chi connectivity index (χ3n) is 3.32. The van der Waals surface area contributed by atoms with Crippen LogP contribution >= 0.6 is 22.9 Å². The zero-order chi connectivity index (χ0) is 17.8. The van der Waals surface area contributed by atoms with E-state index in [9.17, 15) is 15.4 Å². The summed E-state index contributed by atoms with van der Waals surface area (Å²) in [4.78, 5) is 18.8. The molecular formula is C17H9ClN4O2S. The Labute approximate surface area is 151 Å². The van der Waals surface area contributed by atoms with Gasteiger partial charge in [0.1, 0.15) is 11.1 Å². The molecule has 0 N–H and O–H groups in total. The maximum absolute atomic E-state index is 10.9. The largest absolute Gasteiger partial charge is 0.270 e. The molecule has 0 unspecified atom stereocenters. The van der Waals surface area contributed by atoms with Gasteiger partial charge in [0.2, 0.25) is 0 Å². The Morgan fingerprint density at radius 1 is 1.32 bits per heavy atom. The number of hydrogen-bond acceptors (Lipinski definition) is 6. The normalized spacial score (nSPS) is 11.1. The summed E-state index contributed by atoms with van der Waals surface area (Å²) in [7, 11) is 0. The topological polar surface area (TPSA) is 92.7 Å². The molecule has 25 heavy (non-hydrogen) atoms. The summed E-state index contributed by atoms with van der Waals surface area (Å²) in [6.07, 6.45) is 4.83. The lowest BCUT2D eigenvalue weighted by atomic mass is 10.1. The number of thiazole rings is 1. The fourth-order valence-corrected chi connectivity index (χ4v) is 3.07. The van der Waals surface area contributed by atoms with Gasteiger partial charge in [-0.25, -0.2) is 4.98 Å². The fraction of sp³-hybridized carbons (Fsp3) is 0. The van der Waals surface area contributed by atoms with Crippen LogP contribution in [0.3, 0.4) is 0 Å². The van der Waals surface area contributed by atoms with Gasteiger partial charge >= 0.3 is 0 Å². The number of halogens is 1. The molecule has 0 radical (unpaired) electrons. The first-order valence-electron chi connectivity index (χ1n) is 7.00. The van der Waals surface area contributed by atoms with Crippen LogP contribution in [0.25, 0.3) is 22.9 Å². The van der Waals surface area contributed by atoms with Crippen molar-refractivity contribution in [2.24, 2.45) is 0 Å². The third-order valence-corrected chi connectivity index (χ3v) is 4.54. The highest BCUT2D eigenvalue weighted by Gasteiger charge is 2.12. The second kappa shape index (κ2) is 7.21. The minimum atomic E-state index is -0.509. The summed E-state index contributed by atoms with van der Waals surface area (Å²) >= 11 is 7.40. The van der Waals surface area contributed by atoms with Gasteiger partial charge in [-0.1, -0.05) is 11.6 Å². The molecule has 3 rings (SSSR count). The Balaban J connectivity index is 2.00. The van der Waals surface area contributed by atoms with Crippen molar-refractivity contribution in [3.63, 3.8) is 0 Å². The zero-order valence-electron chi connectivity index (χ0n) is 12.6. The third kappa shape index (κ3) is 3.71. The maximum Gasteiger partial charge on any atom is 0.270 e. The molecule has 0 aliphatic carbocycles. The van der Waals surface area contributed by atoms with Gasteiger partial charge in [0.05, 0.1) is 16.2 Å². The minimum absolute atomic E-state index is 0.0930. The van der Waals surface area contributed by atoms with Crippen molar-refractivity contribution in [1.82, 2.24) is 9.97 Å². The molecule has 0 aliphatic rings. The number of hydrogen-bond donors (Lipinski definition) is 0. The van der Waals surface area contributed by atoms with Gasteiger partial charge in [-0.05, 0) is 24.3 Å². The number of aromatic nitrogens is 2. The van der Waals surface area contributed by atoms with Gasteiger partial charge in [-0.3, -0.25) is 15.1 Å². The van der Waals surface area contributed by atoms with Crippen molar-refractivity contribution in [1.29, 1.82) is 5.26 Å². The van der Waals surface area contributed by atoms with Crippen LogP contribution in [0.5, 0.6) is 0 Å². The summed E-state index contributed by atoms with van der Waals surface area (Å²) in [5.41, 5.74) is 2.21. The average molecular weight is 369 g/mol. The SMILES string of the molecule is N#C/C(=C/c1cc([N+](=O)[O-])ccc1Cl)c1nc(-c2ccncc2)cs1. The Bertz CT molecular complexity index is 1010. The molecule has 0 bridgehead atoms. The highest BCUT2D eigenvalue weighted by molar-refractivity contribution is 7.11. The van der Waals surface area contributed by atoms with Crippen LogP contribution in [0, 0.1) is 21.4 Å². The highest BCUT2D eigenvalue weighted by Crippen LogP contribution is 2.29. The van der Waals surface area contributed by atoms with E-state index in [1.165, 1.54) is 35.6 Å². The quantitative estimate of drug-likeness (QED) is 0.373. The smallest absolute Gasteiger partial charge is 0.265 e. The standard InChI is InChI=1S/C17H9ClN4O2S/c18-15-2-1-14(22(23)24)8-12(15)7-13(9-19)17-21-16(10-25-17)11-3-5-20-6-4-11/h1-8,10H/b13-7-. The molecule has 0 saturated carbocycles. The van der Waals surface area contributed by atoms with Gasteiger partial charge in [-0.2, -0.15) is 5.26 Å². The van der Waals surface area contributed by atoms with E-state index in [1.54, 1.807) is 12.4 Å². The average Bonchev–Trinajstić information content (AvgIpc) is 3.11. The molecular weight excluding hydrogens is 360 g/mol. The van der Waals surface area contributed by atoms with Gasteiger partial charge in [0.25, 0.3) is 5.69 Å². The van der Waals surface area contributed by atoms with Crippen molar-refractivity contribution < 1.29 is 4.92 Å². The highest BCUT2D eigenvalue weighted by atomic mass is 35.5. The van der Waals surface area contributed by atoms with E-state index in [0.29, 0.717) is 15.6 Å². The predicted octanol–water partition coefficient (Wildman–Crippen LogP) is 4.83. The Hall–Kier alpha value is -3.08. The van der Waals surface area contributed by atoms with Crippen LogP contribution in [0.1, 0.15) is 10.6 Å². The number of nitro groups is 1. The molecule has 122 valence electrons. The molecule has 2 aromatic heterocycles. The summed E-state index contributed by atoms with van der Waals surface area (Å²) in [6.45, 7) is 0. The number of rotatable bonds is 4. The van der Waals surface area contributed by atoms with Gasteiger partial charge in [-0.15, -0.1) is 11.3 Å². The Morgan fingerprint density at radius 3 is 2.76 bits per heavy atom. The van der Waals surface area contributed by atoms with Crippen molar-refractivity contribution in [3.8, 4) is 17.3 Å². The molecule has 8 heteroatoms. The maximum atomic E-state index is 10.9. The minimum Gasteiger partial charge on any atom is -0.265 e. The molecule has 0 atom stereocenters. The molecule has 3 aromatic rings.